The van der Waals surface area contributed by atoms with Crippen molar-refractivity contribution in [1.82, 2.24) is 15.0 Å². The number of benzene rings is 1. The van der Waals surface area contributed by atoms with Crippen molar-refractivity contribution < 1.29 is 18.8 Å². The second kappa shape index (κ2) is 10.5. The largest absolute Gasteiger partial charge is 0.493 e. The summed E-state index contributed by atoms with van der Waals surface area (Å²) in [7, 11) is 3.19. The predicted molar refractivity (Wildman–Crippen MR) is 115 cm³/mol. The summed E-state index contributed by atoms with van der Waals surface area (Å²) in [5.74, 6) is 2.89. The van der Waals surface area contributed by atoms with E-state index in [1.54, 1.807) is 14.2 Å². The Morgan fingerprint density at radius 1 is 1.17 bits per heavy atom. The fraction of sp³-hybridized carbons (Fsp3) is 0.609. The first kappa shape index (κ1) is 22.1. The number of rotatable bonds is 9. The van der Waals surface area contributed by atoms with Gasteiger partial charge in [-0.25, -0.2) is 0 Å². The molecule has 1 aromatic carbocycles. The summed E-state index contributed by atoms with van der Waals surface area (Å²) in [5.41, 5.74) is 0.794. The van der Waals surface area contributed by atoms with Crippen LogP contribution in [0.3, 0.4) is 0 Å². The first-order chi connectivity index (χ1) is 14.5. The van der Waals surface area contributed by atoms with Crippen molar-refractivity contribution in [3.63, 3.8) is 0 Å². The number of methoxy groups -OCH3 is 2. The maximum Gasteiger partial charge on any atom is 0.228 e. The third-order valence-corrected chi connectivity index (χ3v) is 5.60. The molecule has 0 aliphatic heterocycles. The van der Waals surface area contributed by atoms with Crippen LogP contribution in [0.5, 0.6) is 11.5 Å². The Bertz CT molecular complexity index is 828. The fourth-order valence-electron chi connectivity index (χ4n) is 4.04. The van der Waals surface area contributed by atoms with Crippen molar-refractivity contribution >= 4 is 5.91 Å². The van der Waals surface area contributed by atoms with E-state index in [1.165, 1.54) is 19.3 Å². The van der Waals surface area contributed by atoms with Gasteiger partial charge < -0.3 is 18.9 Å². The number of hydrogen-bond acceptors (Lipinski definition) is 6. The molecular formula is C23H33N3O4. The van der Waals surface area contributed by atoms with Gasteiger partial charge in [-0.1, -0.05) is 38.3 Å². The third kappa shape index (κ3) is 5.52. The van der Waals surface area contributed by atoms with E-state index < -0.39 is 0 Å². The molecule has 0 bridgehead atoms. The predicted octanol–water partition coefficient (Wildman–Crippen LogP) is 4.50. The van der Waals surface area contributed by atoms with Gasteiger partial charge in [-0.05, 0) is 37.0 Å². The van der Waals surface area contributed by atoms with Crippen molar-refractivity contribution in [2.45, 2.75) is 64.8 Å². The van der Waals surface area contributed by atoms with E-state index in [9.17, 15) is 4.79 Å². The number of carbonyl (C=O) groups is 1. The number of aromatic nitrogens is 2. The average Bonchev–Trinajstić information content (AvgIpc) is 3.22. The molecule has 1 fully saturated rings. The molecule has 7 nitrogen and oxygen atoms in total. The Labute approximate surface area is 178 Å². The Morgan fingerprint density at radius 3 is 2.57 bits per heavy atom. The summed E-state index contributed by atoms with van der Waals surface area (Å²) < 4.78 is 16.1. The molecule has 0 unspecified atom stereocenters. The number of ether oxygens (including phenoxy) is 2. The molecule has 0 spiro atoms. The second-order valence-electron chi connectivity index (χ2n) is 8.31. The molecule has 30 heavy (non-hydrogen) atoms. The Kier molecular flexibility index (Phi) is 7.71. The maximum atomic E-state index is 12.9. The SMILES string of the molecule is COc1ccc(-c2noc(CCN(C(=O)CC(C)C)C3CCCCC3)n2)cc1OC. The maximum absolute atomic E-state index is 12.9. The van der Waals surface area contributed by atoms with Gasteiger partial charge >= 0.3 is 0 Å². The fourth-order valence-corrected chi connectivity index (χ4v) is 4.04. The zero-order valence-corrected chi connectivity index (χ0v) is 18.5. The summed E-state index contributed by atoms with van der Waals surface area (Å²) in [4.78, 5) is 19.5. The summed E-state index contributed by atoms with van der Waals surface area (Å²) in [5, 5.41) is 4.12. The zero-order valence-electron chi connectivity index (χ0n) is 18.5. The standard InChI is InChI=1S/C23H33N3O4/c1-16(2)14-22(27)26(18-8-6-5-7-9-18)13-12-21-24-23(25-30-21)17-10-11-19(28-3)20(15-17)29-4/h10-11,15-16,18H,5-9,12-14H2,1-4H3. The van der Waals surface area contributed by atoms with Crippen molar-refractivity contribution in [3.8, 4) is 22.9 Å². The molecule has 2 aromatic rings. The quantitative estimate of drug-likeness (QED) is 0.600. The van der Waals surface area contributed by atoms with Gasteiger partial charge in [0.15, 0.2) is 11.5 Å². The summed E-state index contributed by atoms with van der Waals surface area (Å²) in [6.45, 7) is 4.79. The highest BCUT2D eigenvalue weighted by Crippen LogP contribution is 2.31. The molecule has 1 aromatic heterocycles. The van der Waals surface area contributed by atoms with Crippen LogP contribution >= 0.6 is 0 Å². The van der Waals surface area contributed by atoms with Gasteiger partial charge in [-0.15, -0.1) is 0 Å². The zero-order chi connectivity index (χ0) is 21.5. The smallest absolute Gasteiger partial charge is 0.228 e. The Morgan fingerprint density at radius 2 is 1.90 bits per heavy atom. The monoisotopic (exact) mass is 415 g/mol. The van der Waals surface area contributed by atoms with Crippen LogP contribution in [0.1, 0.15) is 58.3 Å². The molecule has 0 radical (unpaired) electrons. The van der Waals surface area contributed by atoms with Crippen LogP contribution in [0, 0.1) is 5.92 Å². The number of amides is 1. The average molecular weight is 416 g/mol. The first-order valence-electron chi connectivity index (χ1n) is 10.9. The third-order valence-electron chi connectivity index (χ3n) is 5.60. The molecule has 1 saturated carbocycles. The number of hydrogen-bond donors (Lipinski definition) is 0. The van der Waals surface area contributed by atoms with Crippen molar-refractivity contribution in [1.29, 1.82) is 0 Å². The molecule has 164 valence electrons. The van der Waals surface area contributed by atoms with Crippen LogP contribution in [-0.4, -0.2) is 47.8 Å². The number of nitrogens with zero attached hydrogens (tertiary/aromatic N) is 3. The van der Waals surface area contributed by atoms with Gasteiger partial charge in [0.25, 0.3) is 0 Å². The van der Waals surface area contributed by atoms with Crippen LogP contribution < -0.4 is 9.47 Å². The highest BCUT2D eigenvalue weighted by atomic mass is 16.5. The highest BCUT2D eigenvalue weighted by Gasteiger charge is 2.26. The van der Waals surface area contributed by atoms with Gasteiger partial charge in [-0.2, -0.15) is 4.98 Å². The van der Waals surface area contributed by atoms with E-state index in [2.05, 4.69) is 28.9 Å². The number of carbonyl (C=O) groups excluding carboxylic acids is 1. The molecule has 1 amide bonds. The summed E-state index contributed by atoms with van der Waals surface area (Å²) in [6.07, 6.45) is 6.97. The van der Waals surface area contributed by atoms with E-state index in [-0.39, 0.29) is 5.91 Å². The molecule has 1 aliphatic rings. The lowest BCUT2D eigenvalue weighted by Crippen LogP contribution is -2.43. The molecule has 0 saturated heterocycles. The summed E-state index contributed by atoms with van der Waals surface area (Å²) in [6, 6.07) is 5.85. The molecule has 7 heteroatoms. The van der Waals surface area contributed by atoms with E-state index in [1.807, 2.05) is 18.2 Å². The highest BCUT2D eigenvalue weighted by molar-refractivity contribution is 5.76. The lowest BCUT2D eigenvalue weighted by atomic mass is 9.93. The van der Waals surface area contributed by atoms with Gasteiger partial charge in [0.05, 0.1) is 14.2 Å². The molecule has 1 aliphatic carbocycles. The molecule has 0 atom stereocenters. The lowest BCUT2D eigenvalue weighted by Gasteiger charge is -2.34. The van der Waals surface area contributed by atoms with Crippen LogP contribution in [-0.2, 0) is 11.2 Å². The summed E-state index contributed by atoms with van der Waals surface area (Å²) >= 11 is 0. The lowest BCUT2D eigenvalue weighted by molar-refractivity contribution is -0.135. The van der Waals surface area contributed by atoms with E-state index in [4.69, 9.17) is 14.0 Å². The van der Waals surface area contributed by atoms with Gasteiger partial charge in [0.2, 0.25) is 17.6 Å². The van der Waals surface area contributed by atoms with E-state index >= 15 is 0 Å². The minimum atomic E-state index is 0.233. The van der Waals surface area contributed by atoms with Crippen LogP contribution in [0.25, 0.3) is 11.4 Å². The minimum Gasteiger partial charge on any atom is -0.493 e. The normalized spacial score (nSPS) is 14.7. The molecule has 1 heterocycles. The van der Waals surface area contributed by atoms with Crippen LogP contribution in [0.15, 0.2) is 22.7 Å². The van der Waals surface area contributed by atoms with Gasteiger partial charge in [0, 0.05) is 31.0 Å². The van der Waals surface area contributed by atoms with Crippen molar-refractivity contribution in [3.05, 3.63) is 24.1 Å². The van der Waals surface area contributed by atoms with E-state index in [0.717, 1.165) is 18.4 Å². The first-order valence-corrected chi connectivity index (χ1v) is 10.9. The van der Waals surface area contributed by atoms with Crippen molar-refractivity contribution in [2.24, 2.45) is 5.92 Å². The van der Waals surface area contributed by atoms with Gasteiger partial charge in [0.1, 0.15) is 0 Å². The molecule has 3 rings (SSSR count). The van der Waals surface area contributed by atoms with E-state index in [0.29, 0.717) is 54.6 Å². The van der Waals surface area contributed by atoms with Crippen molar-refractivity contribution in [2.75, 3.05) is 20.8 Å². The van der Waals surface area contributed by atoms with Gasteiger partial charge in [-0.3, -0.25) is 4.79 Å². The minimum absolute atomic E-state index is 0.233. The second-order valence-corrected chi connectivity index (χ2v) is 8.31. The van der Waals surface area contributed by atoms with Crippen LogP contribution in [0.4, 0.5) is 0 Å². The molecular weight excluding hydrogens is 382 g/mol. The Balaban J connectivity index is 1.69. The van der Waals surface area contributed by atoms with Crippen LogP contribution in [0.2, 0.25) is 0 Å². The Hall–Kier alpha value is -2.57. The molecule has 0 N–H and O–H groups in total. The topological polar surface area (TPSA) is 77.7 Å².